The van der Waals surface area contributed by atoms with E-state index in [1.807, 2.05) is 36.1 Å². The highest BCUT2D eigenvalue weighted by Gasteiger charge is 2.39. The second-order valence-corrected chi connectivity index (χ2v) is 6.01. The van der Waals surface area contributed by atoms with Crippen molar-refractivity contribution < 1.29 is 14.1 Å². The van der Waals surface area contributed by atoms with Gasteiger partial charge in [0.1, 0.15) is 5.75 Å². The number of amides is 1. The summed E-state index contributed by atoms with van der Waals surface area (Å²) < 4.78 is 11.0. The maximum Gasteiger partial charge on any atom is 0.264 e. The maximum absolute atomic E-state index is 12.9. The van der Waals surface area contributed by atoms with E-state index >= 15 is 0 Å². The van der Waals surface area contributed by atoms with E-state index in [9.17, 15) is 4.79 Å². The molecule has 2 aliphatic rings. The lowest BCUT2D eigenvalue weighted by molar-refractivity contribution is -0.139. The third-order valence-corrected chi connectivity index (χ3v) is 4.54. The van der Waals surface area contributed by atoms with Crippen molar-refractivity contribution in [1.82, 2.24) is 15.0 Å². The van der Waals surface area contributed by atoms with Gasteiger partial charge in [0.15, 0.2) is 11.9 Å². The molecule has 1 fully saturated rings. The molecule has 6 heteroatoms. The van der Waals surface area contributed by atoms with Gasteiger partial charge in [0, 0.05) is 19.4 Å². The highest BCUT2D eigenvalue weighted by Crippen LogP contribution is 2.34. The molecule has 0 spiro atoms. The third-order valence-electron chi connectivity index (χ3n) is 4.54. The number of ether oxygens (including phenoxy) is 1. The molecule has 0 radical (unpaired) electrons. The first-order valence-corrected chi connectivity index (χ1v) is 8.13. The molecule has 1 aromatic carbocycles. The number of carbonyl (C=O) groups is 1. The lowest BCUT2D eigenvalue weighted by Crippen LogP contribution is -2.41. The number of hydrogen-bond acceptors (Lipinski definition) is 5. The van der Waals surface area contributed by atoms with E-state index in [1.54, 1.807) is 0 Å². The van der Waals surface area contributed by atoms with Crippen LogP contribution in [0.25, 0.3) is 0 Å². The molecule has 6 nitrogen and oxygen atoms in total. The Morgan fingerprint density at radius 1 is 1.39 bits per heavy atom. The normalized spacial score (nSPS) is 22.9. The highest BCUT2D eigenvalue weighted by molar-refractivity contribution is 5.83. The van der Waals surface area contributed by atoms with Crippen molar-refractivity contribution in [3.8, 4) is 5.75 Å². The van der Waals surface area contributed by atoms with E-state index in [0.29, 0.717) is 24.6 Å². The minimum atomic E-state index is -0.439. The van der Waals surface area contributed by atoms with Crippen LogP contribution < -0.4 is 4.74 Å². The number of aromatic nitrogens is 2. The van der Waals surface area contributed by atoms with E-state index in [0.717, 1.165) is 30.7 Å². The largest absolute Gasteiger partial charge is 0.480 e. The van der Waals surface area contributed by atoms with Gasteiger partial charge in [-0.15, -0.1) is 0 Å². The monoisotopic (exact) mass is 313 g/mol. The minimum Gasteiger partial charge on any atom is -0.480 e. The standard InChI is InChI=1S/C17H19N3O3/c1-2-15-18-16(19-23-15)12-7-5-9-20(12)17(21)14-10-11-6-3-4-8-13(11)22-14/h3-4,6,8,12,14H,2,5,7,9-10H2,1H3/t12-,14-/m1/s1. The van der Waals surface area contributed by atoms with Crippen LogP contribution in [0, 0.1) is 0 Å². The number of likely N-dealkylation sites (tertiary alicyclic amines) is 1. The van der Waals surface area contributed by atoms with Crippen LogP contribution in [-0.4, -0.2) is 33.6 Å². The van der Waals surface area contributed by atoms with Crippen LogP contribution in [0.15, 0.2) is 28.8 Å². The molecule has 1 aromatic heterocycles. The number of para-hydroxylation sites is 1. The molecule has 0 aliphatic carbocycles. The summed E-state index contributed by atoms with van der Waals surface area (Å²) in [5.41, 5.74) is 1.09. The van der Waals surface area contributed by atoms with Crippen molar-refractivity contribution in [2.75, 3.05) is 6.54 Å². The van der Waals surface area contributed by atoms with E-state index < -0.39 is 6.10 Å². The van der Waals surface area contributed by atoms with Crippen molar-refractivity contribution in [2.24, 2.45) is 0 Å². The summed E-state index contributed by atoms with van der Waals surface area (Å²) in [4.78, 5) is 19.1. The van der Waals surface area contributed by atoms with Gasteiger partial charge < -0.3 is 14.2 Å². The molecule has 3 heterocycles. The molecule has 2 aliphatic heterocycles. The Bertz CT molecular complexity index is 702. The Kier molecular flexibility index (Phi) is 3.52. The number of aryl methyl sites for hydroxylation is 1. The summed E-state index contributed by atoms with van der Waals surface area (Å²) in [5.74, 6) is 2.06. The SMILES string of the molecule is CCc1nc([C@H]2CCCN2C(=O)[C@H]2Cc3ccccc3O2)no1. The molecule has 0 N–H and O–H groups in total. The number of benzene rings is 1. The van der Waals surface area contributed by atoms with E-state index in [1.165, 1.54) is 0 Å². The van der Waals surface area contributed by atoms with Crippen molar-refractivity contribution in [2.45, 2.75) is 44.8 Å². The van der Waals surface area contributed by atoms with Crippen LogP contribution in [0.4, 0.5) is 0 Å². The zero-order valence-electron chi connectivity index (χ0n) is 13.1. The van der Waals surface area contributed by atoms with Gasteiger partial charge in [-0.2, -0.15) is 4.98 Å². The smallest absolute Gasteiger partial charge is 0.264 e. The van der Waals surface area contributed by atoms with Gasteiger partial charge in [0.2, 0.25) is 5.89 Å². The van der Waals surface area contributed by atoms with Crippen LogP contribution in [0.3, 0.4) is 0 Å². The van der Waals surface area contributed by atoms with Gasteiger partial charge in [0.25, 0.3) is 5.91 Å². The molecule has 0 bridgehead atoms. The fraction of sp³-hybridized carbons (Fsp3) is 0.471. The summed E-state index contributed by atoms with van der Waals surface area (Å²) in [5, 5.41) is 4.05. The fourth-order valence-corrected chi connectivity index (χ4v) is 3.35. The molecule has 23 heavy (non-hydrogen) atoms. The average molecular weight is 313 g/mol. The zero-order valence-corrected chi connectivity index (χ0v) is 13.1. The molecule has 1 saturated heterocycles. The van der Waals surface area contributed by atoms with E-state index in [-0.39, 0.29) is 11.9 Å². The average Bonchev–Trinajstić information content (AvgIpc) is 3.30. The van der Waals surface area contributed by atoms with Crippen LogP contribution in [-0.2, 0) is 17.6 Å². The molecule has 4 rings (SSSR count). The molecule has 1 amide bonds. The number of hydrogen-bond donors (Lipinski definition) is 0. The van der Waals surface area contributed by atoms with Crippen molar-refractivity contribution >= 4 is 5.91 Å². The van der Waals surface area contributed by atoms with Gasteiger partial charge in [-0.3, -0.25) is 4.79 Å². The second-order valence-electron chi connectivity index (χ2n) is 6.01. The molecule has 0 saturated carbocycles. The third kappa shape index (κ3) is 2.48. The summed E-state index contributed by atoms with van der Waals surface area (Å²) in [7, 11) is 0. The van der Waals surface area contributed by atoms with Gasteiger partial charge >= 0.3 is 0 Å². The first kappa shape index (κ1) is 14.2. The lowest BCUT2D eigenvalue weighted by Gasteiger charge is -2.25. The highest BCUT2D eigenvalue weighted by atomic mass is 16.5. The number of fused-ring (bicyclic) bond motifs is 1. The summed E-state index contributed by atoms with van der Waals surface area (Å²) in [6, 6.07) is 7.72. The fourth-order valence-electron chi connectivity index (χ4n) is 3.35. The van der Waals surface area contributed by atoms with Crippen LogP contribution in [0.2, 0.25) is 0 Å². The Morgan fingerprint density at radius 2 is 2.26 bits per heavy atom. The van der Waals surface area contributed by atoms with Gasteiger partial charge in [-0.05, 0) is 24.5 Å². The van der Waals surface area contributed by atoms with Crippen LogP contribution in [0.1, 0.15) is 43.1 Å². The quantitative estimate of drug-likeness (QED) is 0.869. The van der Waals surface area contributed by atoms with Crippen molar-refractivity contribution in [1.29, 1.82) is 0 Å². The summed E-state index contributed by atoms with van der Waals surface area (Å²) >= 11 is 0. The van der Waals surface area contributed by atoms with Gasteiger partial charge in [-0.1, -0.05) is 30.3 Å². The Morgan fingerprint density at radius 3 is 3.04 bits per heavy atom. The van der Waals surface area contributed by atoms with Gasteiger partial charge in [-0.25, -0.2) is 0 Å². The molecule has 0 unspecified atom stereocenters. The molecular formula is C17H19N3O3. The van der Waals surface area contributed by atoms with E-state index in [2.05, 4.69) is 10.1 Å². The van der Waals surface area contributed by atoms with Gasteiger partial charge in [0.05, 0.1) is 6.04 Å². The minimum absolute atomic E-state index is 0.0200. The maximum atomic E-state index is 12.9. The summed E-state index contributed by atoms with van der Waals surface area (Å²) in [6.07, 6.45) is 2.71. The Balaban J connectivity index is 1.52. The first-order chi connectivity index (χ1) is 11.3. The number of rotatable bonds is 3. The molecule has 120 valence electrons. The predicted octanol–water partition coefficient (Wildman–Crippen LogP) is 2.30. The second kappa shape index (κ2) is 5.68. The number of nitrogens with zero attached hydrogens (tertiary/aromatic N) is 3. The first-order valence-electron chi connectivity index (χ1n) is 8.13. The molecular weight excluding hydrogens is 294 g/mol. The van der Waals surface area contributed by atoms with Crippen LogP contribution in [0.5, 0.6) is 5.75 Å². The van der Waals surface area contributed by atoms with Crippen molar-refractivity contribution in [3.63, 3.8) is 0 Å². The predicted molar refractivity (Wildman–Crippen MR) is 81.9 cm³/mol. The molecule has 2 aromatic rings. The Hall–Kier alpha value is -2.37. The number of carbonyl (C=O) groups excluding carboxylic acids is 1. The van der Waals surface area contributed by atoms with Crippen molar-refractivity contribution in [3.05, 3.63) is 41.5 Å². The van der Waals surface area contributed by atoms with Crippen LogP contribution >= 0.6 is 0 Å². The summed E-state index contributed by atoms with van der Waals surface area (Å²) in [6.45, 7) is 2.69. The Labute approximate surface area is 134 Å². The lowest BCUT2D eigenvalue weighted by atomic mass is 10.1. The molecule has 2 atom stereocenters. The zero-order chi connectivity index (χ0) is 15.8. The van der Waals surface area contributed by atoms with E-state index in [4.69, 9.17) is 9.26 Å². The topological polar surface area (TPSA) is 68.5 Å².